The number of nitrogens with one attached hydrogen (secondary N) is 2. The molecule has 150 valence electrons. The molecule has 0 unspecified atom stereocenters. The van der Waals surface area contributed by atoms with Gasteiger partial charge in [-0.25, -0.2) is 14.4 Å². The lowest BCUT2D eigenvalue weighted by Gasteiger charge is -2.10. The fourth-order valence-corrected chi connectivity index (χ4v) is 2.77. The van der Waals surface area contributed by atoms with Crippen LogP contribution in [0.25, 0.3) is 0 Å². The van der Waals surface area contributed by atoms with E-state index in [9.17, 15) is 9.18 Å². The number of hydrogen-bond donors (Lipinski definition) is 2. The third-order valence-corrected chi connectivity index (χ3v) is 4.32. The summed E-state index contributed by atoms with van der Waals surface area (Å²) in [5.74, 6) is 1.31. The number of benzene rings is 2. The first-order valence-corrected chi connectivity index (χ1v) is 9.28. The average Bonchev–Trinajstić information content (AvgIpc) is 2.73. The lowest BCUT2D eigenvalue weighted by molar-refractivity contribution is 0.0949. The van der Waals surface area contributed by atoms with Gasteiger partial charge in [0.2, 0.25) is 0 Å². The molecule has 2 N–H and O–H groups in total. The van der Waals surface area contributed by atoms with Gasteiger partial charge in [-0.2, -0.15) is 0 Å². The van der Waals surface area contributed by atoms with E-state index < -0.39 is 0 Å². The summed E-state index contributed by atoms with van der Waals surface area (Å²) in [6.07, 6.45) is 0.704. The Balaban J connectivity index is 1.56. The van der Waals surface area contributed by atoms with Crippen LogP contribution in [0, 0.1) is 12.7 Å². The molecule has 2 aromatic carbocycles. The summed E-state index contributed by atoms with van der Waals surface area (Å²) in [7, 11) is 1.63. The first kappa shape index (κ1) is 20.3. The highest BCUT2D eigenvalue weighted by Gasteiger charge is 2.10. The Hall–Kier alpha value is -3.48. The molecular weight excluding hydrogens is 371 g/mol. The minimum Gasteiger partial charge on any atom is -0.497 e. The Labute approximate surface area is 169 Å². The van der Waals surface area contributed by atoms with Crippen LogP contribution < -0.4 is 15.4 Å². The molecule has 0 aliphatic carbocycles. The second-order valence-corrected chi connectivity index (χ2v) is 6.52. The van der Waals surface area contributed by atoms with Gasteiger partial charge in [-0.15, -0.1) is 0 Å². The third-order valence-electron chi connectivity index (χ3n) is 4.32. The second kappa shape index (κ2) is 9.64. The maximum Gasteiger partial charge on any atom is 0.270 e. The van der Waals surface area contributed by atoms with Gasteiger partial charge in [0.25, 0.3) is 5.91 Å². The number of halogens is 1. The zero-order valence-electron chi connectivity index (χ0n) is 16.4. The van der Waals surface area contributed by atoms with E-state index in [4.69, 9.17) is 4.74 Å². The second-order valence-electron chi connectivity index (χ2n) is 6.52. The van der Waals surface area contributed by atoms with E-state index in [0.29, 0.717) is 36.8 Å². The van der Waals surface area contributed by atoms with Crippen molar-refractivity contribution in [2.45, 2.75) is 19.9 Å². The molecule has 3 aromatic rings. The van der Waals surface area contributed by atoms with E-state index in [-0.39, 0.29) is 11.7 Å². The maximum absolute atomic E-state index is 13.0. The van der Waals surface area contributed by atoms with E-state index >= 15 is 0 Å². The number of ether oxygens (including phenoxy) is 1. The SMILES string of the molecule is COc1ccc(CCNC(=O)c2cc(NCc3ccc(F)cc3)nc(C)n2)cc1. The summed E-state index contributed by atoms with van der Waals surface area (Å²) in [6.45, 7) is 2.69. The highest BCUT2D eigenvalue weighted by atomic mass is 19.1. The van der Waals surface area contributed by atoms with Gasteiger partial charge >= 0.3 is 0 Å². The monoisotopic (exact) mass is 394 g/mol. The number of aryl methyl sites for hydroxylation is 1. The number of nitrogens with zero attached hydrogens (tertiary/aromatic N) is 2. The summed E-state index contributed by atoms with van der Waals surface area (Å²) in [5.41, 5.74) is 2.31. The molecule has 0 spiro atoms. The van der Waals surface area contributed by atoms with E-state index in [0.717, 1.165) is 16.9 Å². The molecule has 0 atom stereocenters. The summed E-state index contributed by atoms with van der Waals surface area (Å²) >= 11 is 0. The Kier molecular flexibility index (Phi) is 6.73. The van der Waals surface area contributed by atoms with Crippen molar-refractivity contribution in [2.75, 3.05) is 19.0 Å². The number of carbonyl (C=O) groups is 1. The number of rotatable bonds is 8. The van der Waals surface area contributed by atoms with Crippen molar-refractivity contribution < 1.29 is 13.9 Å². The molecule has 0 radical (unpaired) electrons. The minimum absolute atomic E-state index is 0.256. The van der Waals surface area contributed by atoms with Gasteiger partial charge < -0.3 is 15.4 Å². The molecule has 0 aliphatic rings. The van der Waals surface area contributed by atoms with Crippen LogP contribution in [0.15, 0.2) is 54.6 Å². The molecule has 1 amide bonds. The molecular formula is C22H23FN4O2. The zero-order chi connectivity index (χ0) is 20.6. The number of aromatic nitrogens is 2. The number of anilines is 1. The van der Waals surface area contributed by atoms with Crippen molar-refractivity contribution in [3.63, 3.8) is 0 Å². The molecule has 0 aliphatic heterocycles. The topological polar surface area (TPSA) is 76.1 Å². The Morgan fingerprint density at radius 1 is 1.03 bits per heavy atom. The van der Waals surface area contributed by atoms with Gasteiger partial charge in [0.05, 0.1) is 7.11 Å². The van der Waals surface area contributed by atoms with Crippen molar-refractivity contribution in [1.82, 2.24) is 15.3 Å². The fraction of sp³-hybridized carbons (Fsp3) is 0.227. The quantitative estimate of drug-likeness (QED) is 0.611. The van der Waals surface area contributed by atoms with Crippen LogP contribution in [-0.4, -0.2) is 29.5 Å². The summed E-state index contributed by atoms with van der Waals surface area (Å²) in [5, 5.41) is 6.02. The maximum atomic E-state index is 13.0. The highest BCUT2D eigenvalue weighted by molar-refractivity contribution is 5.92. The first-order valence-electron chi connectivity index (χ1n) is 9.28. The molecule has 0 saturated heterocycles. The van der Waals surface area contributed by atoms with Gasteiger partial charge in [-0.05, 0) is 48.7 Å². The standard InChI is InChI=1S/C22H23FN4O2/c1-15-26-20(13-21(27-15)25-14-17-3-7-18(23)8-4-17)22(28)24-12-11-16-5-9-19(29-2)10-6-16/h3-10,13H,11-12,14H2,1-2H3,(H,24,28)(H,25,26,27). The summed E-state index contributed by atoms with van der Waals surface area (Å²) < 4.78 is 18.1. The lowest BCUT2D eigenvalue weighted by atomic mass is 10.1. The van der Waals surface area contributed by atoms with Gasteiger partial charge in [-0.3, -0.25) is 4.79 Å². The van der Waals surface area contributed by atoms with Crippen molar-refractivity contribution in [3.8, 4) is 5.75 Å². The molecule has 3 rings (SSSR count). The fourth-order valence-electron chi connectivity index (χ4n) is 2.77. The van der Waals surface area contributed by atoms with Gasteiger partial charge in [0.15, 0.2) is 0 Å². The van der Waals surface area contributed by atoms with E-state index in [1.165, 1.54) is 12.1 Å². The van der Waals surface area contributed by atoms with E-state index in [1.54, 1.807) is 32.2 Å². The summed E-state index contributed by atoms with van der Waals surface area (Å²) in [6, 6.07) is 15.5. The molecule has 7 heteroatoms. The smallest absolute Gasteiger partial charge is 0.270 e. The zero-order valence-corrected chi connectivity index (χ0v) is 16.4. The largest absolute Gasteiger partial charge is 0.497 e. The van der Waals surface area contributed by atoms with Crippen molar-refractivity contribution in [3.05, 3.63) is 83.1 Å². The third kappa shape index (κ3) is 6.00. The Bertz CT molecular complexity index is 960. The van der Waals surface area contributed by atoms with Crippen molar-refractivity contribution in [1.29, 1.82) is 0 Å². The number of carbonyl (C=O) groups excluding carboxylic acids is 1. The van der Waals surface area contributed by atoms with Crippen LogP contribution in [0.3, 0.4) is 0 Å². The number of amides is 1. The molecule has 29 heavy (non-hydrogen) atoms. The number of methoxy groups -OCH3 is 1. The van der Waals surface area contributed by atoms with Crippen molar-refractivity contribution in [2.24, 2.45) is 0 Å². The Morgan fingerprint density at radius 2 is 1.72 bits per heavy atom. The van der Waals surface area contributed by atoms with Gasteiger partial charge in [-0.1, -0.05) is 24.3 Å². The molecule has 6 nitrogen and oxygen atoms in total. The van der Waals surface area contributed by atoms with E-state index in [1.807, 2.05) is 24.3 Å². The molecule has 1 heterocycles. The van der Waals surface area contributed by atoms with Gasteiger partial charge in [0, 0.05) is 19.2 Å². The predicted molar refractivity (Wildman–Crippen MR) is 110 cm³/mol. The normalized spacial score (nSPS) is 10.4. The predicted octanol–water partition coefficient (Wildman–Crippen LogP) is 3.52. The molecule has 0 bridgehead atoms. The summed E-state index contributed by atoms with van der Waals surface area (Å²) in [4.78, 5) is 21.0. The van der Waals surface area contributed by atoms with Crippen LogP contribution in [0.5, 0.6) is 5.75 Å². The van der Waals surface area contributed by atoms with Gasteiger partial charge in [0.1, 0.15) is 28.9 Å². The minimum atomic E-state index is -0.278. The average molecular weight is 394 g/mol. The molecule has 0 fully saturated rings. The number of hydrogen-bond acceptors (Lipinski definition) is 5. The van der Waals surface area contributed by atoms with Crippen LogP contribution in [0.1, 0.15) is 27.4 Å². The van der Waals surface area contributed by atoms with Crippen LogP contribution in [-0.2, 0) is 13.0 Å². The van der Waals surface area contributed by atoms with Crippen LogP contribution >= 0.6 is 0 Å². The van der Waals surface area contributed by atoms with Crippen molar-refractivity contribution >= 4 is 11.7 Å². The van der Waals surface area contributed by atoms with Crippen LogP contribution in [0.4, 0.5) is 10.2 Å². The lowest BCUT2D eigenvalue weighted by Crippen LogP contribution is -2.27. The van der Waals surface area contributed by atoms with E-state index in [2.05, 4.69) is 20.6 Å². The highest BCUT2D eigenvalue weighted by Crippen LogP contribution is 2.12. The van der Waals surface area contributed by atoms with Crippen LogP contribution in [0.2, 0.25) is 0 Å². The molecule has 1 aromatic heterocycles. The molecule has 0 saturated carbocycles. The first-order chi connectivity index (χ1) is 14.0. The Morgan fingerprint density at radius 3 is 2.41 bits per heavy atom.